The van der Waals surface area contributed by atoms with E-state index in [-0.39, 0.29) is 24.1 Å². The van der Waals surface area contributed by atoms with Crippen LogP contribution in [0.25, 0.3) is 10.8 Å². The first-order valence-electron chi connectivity index (χ1n) is 12.9. The Hall–Kier alpha value is -3.67. The van der Waals surface area contributed by atoms with E-state index in [1.165, 1.54) is 0 Å². The molecule has 0 saturated heterocycles. The summed E-state index contributed by atoms with van der Waals surface area (Å²) in [6, 6.07) is 19.1. The Morgan fingerprint density at radius 2 is 1.78 bits per heavy atom. The standard InChI is InChI=1S/C30H35N3O3/c1-4-5-17-31-29(35)22(3)33(20-23-11-6-10-21(2)19-23)27(34)16-9-18-32-26-15-8-13-24-12-7-14-25(28(24)26)30(32)36/h6-8,10-15,19,22H,4-5,9,16-18,20H2,1-3H3,(H,31,35). The van der Waals surface area contributed by atoms with Crippen LogP contribution in [0.4, 0.5) is 5.69 Å². The molecule has 188 valence electrons. The SMILES string of the molecule is CCCCNC(=O)C(C)N(Cc1cccc(C)c1)C(=O)CCCN1C(=O)c2cccc3cccc1c23. The van der Waals surface area contributed by atoms with E-state index >= 15 is 0 Å². The van der Waals surface area contributed by atoms with Crippen molar-refractivity contribution >= 4 is 34.2 Å². The van der Waals surface area contributed by atoms with Gasteiger partial charge in [-0.2, -0.15) is 0 Å². The summed E-state index contributed by atoms with van der Waals surface area (Å²) in [5.74, 6) is -0.243. The van der Waals surface area contributed by atoms with E-state index in [2.05, 4.69) is 12.2 Å². The molecule has 1 atom stereocenters. The molecule has 3 aromatic carbocycles. The van der Waals surface area contributed by atoms with Crippen LogP contribution in [-0.4, -0.2) is 41.8 Å². The summed E-state index contributed by atoms with van der Waals surface area (Å²) in [5.41, 5.74) is 3.73. The number of amides is 3. The molecular weight excluding hydrogens is 450 g/mol. The van der Waals surface area contributed by atoms with Crippen molar-refractivity contribution in [3.05, 3.63) is 77.4 Å². The predicted molar refractivity (Wildman–Crippen MR) is 144 cm³/mol. The molecule has 6 heteroatoms. The second kappa shape index (κ2) is 11.4. The number of benzene rings is 3. The van der Waals surface area contributed by atoms with E-state index < -0.39 is 6.04 Å². The van der Waals surface area contributed by atoms with E-state index in [1.54, 1.807) is 16.7 Å². The summed E-state index contributed by atoms with van der Waals surface area (Å²) in [6.45, 7) is 7.31. The number of nitrogens with zero attached hydrogens (tertiary/aromatic N) is 2. The number of anilines is 1. The van der Waals surface area contributed by atoms with Gasteiger partial charge in [0, 0.05) is 37.0 Å². The molecule has 1 N–H and O–H groups in total. The molecule has 1 aliphatic heterocycles. The molecule has 0 bridgehead atoms. The number of rotatable bonds is 11. The zero-order valence-electron chi connectivity index (χ0n) is 21.4. The van der Waals surface area contributed by atoms with Crippen molar-refractivity contribution in [1.82, 2.24) is 10.2 Å². The van der Waals surface area contributed by atoms with Crippen molar-refractivity contribution in [2.24, 2.45) is 0 Å². The molecule has 0 radical (unpaired) electrons. The van der Waals surface area contributed by atoms with E-state index in [9.17, 15) is 14.4 Å². The topological polar surface area (TPSA) is 69.7 Å². The lowest BCUT2D eigenvalue weighted by Crippen LogP contribution is -2.47. The summed E-state index contributed by atoms with van der Waals surface area (Å²) >= 11 is 0. The van der Waals surface area contributed by atoms with Crippen molar-refractivity contribution in [3.63, 3.8) is 0 Å². The van der Waals surface area contributed by atoms with Gasteiger partial charge in [0.2, 0.25) is 11.8 Å². The van der Waals surface area contributed by atoms with Gasteiger partial charge in [-0.3, -0.25) is 14.4 Å². The molecule has 0 aliphatic carbocycles. The smallest absolute Gasteiger partial charge is 0.258 e. The third-order valence-electron chi connectivity index (χ3n) is 6.85. The van der Waals surface area contributed by atoms with E-state index in [4.69, 9.17) is 0 Å². The minimum atomic E-state index is -0.582. The van der Waals surface area contributed by atoms with Crippen LogP contribution in [0, 0.1) is 6.92 Å². The minimum absolute atomic E-state index is 0.0189. The number of hydrogen-bond donors (Lipinski definition) is 1. The quantitative estimate of drug-likeness (QED) is 0.379. The van der Waals surface area contributed by atoms with Crippen molar-refractivity contribution in [3.8, 4) is 0 Å². The highest BCUT2D eigenvalue weighted by Crippen LogP contribution is 2.37. The molecule has 0 aromatic heterocycles. The number of carbonyl (C=O) groups is 3. The fourth-order valence-electron chi connectivity index (χ4n) is 4.86. The molecule has 4 rings (SSSR count). The van der Waals surface area contributed by atoms with Crippen LogP contribution in [0.3, 0.4) is 0 Å². The van der Waals surface area contributed by atoms with Gasteiger partial charge in [-0.25, -0.2) is 0 Å². The van der Waals surface area contributed by atoms with Gasteiger partial charge in [-0.15, -0.1) is 0 Å². The Balaban J connectivity index is 1.44. The van der Waals surface area contributed by atoms with Crippen LogP contribution in [-0.2, 0) is 16.1 Å². The van der Waals surface area contributed by atoms with E-state index in [1.807, 2.05) is 67.6 Å². The van der Waals surface area contributed by atoms with Crippen LogP contribution in [0.5, 0.6) is 0 Å². The number of carbonyl (C=O) groups excluding carboxylic acids is 3. The van der Waals surface area contributed by atoms with Crippen molar-refractivity contribution in [2.45, 2.75) is 59.0 Å². The molecule has 3 aromatic rings. The lowest BCUT2D eigenvalue weighted by Gasteiger charge is -2.29. The highest BCUT2D eigenvalue weighted by Gasteiger charge is 2.30. The molecule has 0 saturated carbocycles. The normalized spacial score (nSPS) is 13.2. The molecule has 6 nitrogen and oxygen atoms in total. The molecule has 1 aliphatic rings. The average Bonchev–Trinajstić information content (AvgIpc) is 3.15. The van der Waals surface area contributed by atoms with Gasteiger partial charge in [0.15, 0.2) is 0 Å². The third kappa shape index (κ3) is 5.43. The molecule has 36 heavy (non-hydrogen) atoms. The first-order valence-corrected chi connectivity index (χ1v) is 12.9. The fourth-order valence-corrected chi connectivity index (χ4v) is 4.86. The summed E-state index contributed by atoms with van der Waals surface area (Å²) in [7, 11) is 0. The maximum atomic E-state index is 13.4. The predicted octanol–water partition coefficient (Wildman–Crippen LogP) is 5.22. The molecular formula is C30H35N3O3. The third-order valence-corrected chi connectivity index (χ3v) is 6.85. The van der Waals surface area contributed by atoms with Gasteiger partial charge in [-0.05, 0) is 49.8 Å². The van der Waals surface area contributed by atoms with Crippen molar-refractivity contribution in [1.29, 1.82) is 0 Å². The summed E-state index contributed by atoms with van der Waals surface area (Å²) in [5, 5.41) is 4.98. The number of hydrogen-bond acceptors (Lipinski definition) is 3. The number of aryl methyl sites for hydroxylation is 1. The molecule has 1 heterocycles. The Morgan fingerprint density at radius 1 is 1.03 bits per heavy atom. The summed E-state index contributed by atoms with van der Waals surface area (Å²) in [4.78, 5) is 42.7. The first kappa shape index (κ1) is 25.4. The van der Waals surface area contributed by atoms with Gasteiger partial charge in [0.25, 0.3) is 5.91 Å². The first-order chi connectivity index (χ1) is 17.4. The minimum Gasteiger partial charge on any atom is -0.354 e. The fraction of sp³-hybridized carbons (Fsp3) is 0.367. The summed E-state index contributed by atoms with van der Waals surface area (Å²) < 4.78 is 0. The zero-order chi connectivity index (χ0) is 25.7. The lowest BCUT2D eigenvalue weighted by atomic mass is 10.1. The van der Waals surface area contributed by atoms with Gasteiger partial charge in [0.1, 0.15) is 6.04 Å². The zero-order valence-corrected chi connectivity index (χ0v) is 21.4. The van der Waals surface area contributed by atoms with Gasteiger partial charge >= 0.3 is 0 Å². The monoisotopic (exact) mass is 485 g/mol. The molecule has 3 amide bonds. The highest BCUT2D eigenvalue weighted by atomic mass is 16.2. The van der Waals surface area contributed by atoms with Crippen LogP contribution in [0.15, 0.2) is 60.7 Å². The van der Waals surface area contributed by atoms with Crippen LogP contribution >= 0.6 is 0 Å². The van der Waals surface area contributed by atoms with E-state index in [0.717, 1.165) is 40.4 Å². The maximum Gasteiger partial charge on any atom is 0.258 e. The largest absolute Gasteiger partial charge is 0.354 e. The van der Waals surface area contributed by atoms with Crippen molar-refractivity contribution < 1.29 is 14.4 Å². The number of nitrogens with one attached hydrogen (secondary N) is 1. The second-order valence-corrected chi connectivity index (χ2v) is 9.57. The highest BCUT2D eigenvalue weighted by molar-refractivity contribution is 6.25. The van der Waals surface area contributed by atoms with Gasteiger partial charge < -0.3 is 15.1 Å². The Morgan fingerprint density at radius 3 is 2.53 bits per heavy atom. The van der Waals surface area contributed by atoms with Crippen LogP contribution in [0.1, 0.15) is 61.0 Å². The Kier molecular flexibility index (Phi) is 8.04. The maximum absolute atomic E-state index is 13.4. The molecule has 0 fully saturated rings. The van der Waals surface area contributed by atoms with Crippen molar-refractivity contribution in [2.75, 3.05) is 18.0 Å². The van der Waals surface area contributed by atoms with Crippen LogP contribution in [0.2, 0.25) is 0 Å². The molecule has 1 unspecified atom stereocenters. The van der Waals surface area contributed by atoms with Gasteiger partial charge in [-0.1, -0.05) is 67.4 Å². The second-order valence-electron chi connectivity index (χ2n) is 9.57. The molecule has 0 spiro atoms. The van der Waals surface area contributed by atoms with E-state index in [0.29, 0.717) is 31.6 Å². The average molecular weight is 486 g/mol. The lowest BCUT2D eigenvalue weighted by molar-refractivity contribution is -0.140. The van der Waals surface area contributed by atoms with Crippen LogP contribution < -0.4 is 10.2 Å². The number of unbranched alkanes of at least 4 members (excludes halogenated alkanes) is 1. The van der Waals surface area contributed by atoms with Gasteiger partial charge in [0.05, 0.1) is 5.69 Å². The Bertz CT molecular complexity index is 1260. The summed E-state index contributed by atoms with van der Waals surface area (Å²) in [6.07, 6.45) is 2.68. The Labute approximate surface area is 213 Å².